The maximum atomic E-state index is 3.71. The molecule has 1 heteroatoms. The minimum absolute atomic E-state index is 0.379. The summed E-state index contributed by atoms with van der Waals surface area (Å²) in [4.78, 5) is 0. The Bertz CT molecular complexity index is 646. The van der Waals surface area contributed by atoms with Gasteiger partial charge in [-0.15, -0.1) is 0 Å². The van der Waals surface area contributed by atoms with Gasteiger partial charge in [0, 0.05) is 4.47 Å². The molecule has 20 heavy (non-hydrogen) atoms. The largest absolute Gasteiger partial charge is 0.0616 e. The van der Waals surface area contributed by atoms with Crippen LogP contribution >= 0.6 is 15.9 Å². The predicted octanol–water partition coefficient (Wildman–Crippen LogP) is 6.07. The summed E-state index contributed by atoms with van der Waals surface area (Å²) in [6.07, 6.45) is 7.19. The molecule has 2 bridgehead atoms. The van der Waals surface area contributed by atoms with E-state index < -0.39 is 0 Å². The summed E-state index contributed by atoms with van der Waals surface area (Å²) < 4.78 is 1.22. The van der Waals surface area contributed by atoms with Gasteiger partial charge in [0.25, 0.3) is 0 Å². The Balaban J connectivity index is 1.88. The quantitative estimate of drug-likeness (QED) is 0.595. The third-order valence-corrected chi connectivity index (χ3v) is 6.34. The molecule has 0 spiro atoms. The highest BCUT2D eigenvalue weighted by Crippen LogP contribution is 2.52. The zero-order valence-electron chi connectivity index (χ0n) is 12.0. The lowest BCUT2D eigenvalue weighted by molar-refractivity contribution is 0.233. The molecule has 2 saturated carbocycles. The third kappa shape index (κ3) is 1.94. The summed E-state index contributed by atoms with van der Waals surface area (Å²) in [5, 5.41) is 2.81. The Morgan fingerprint density at radius 2 is 1.60 bits per heavy atom. The molecule has 4 rings (SSSR count). The van der Waals surface area contributed by atoms with Gasteiger partial charge >= 0.3 is 0 Å². The van der Waals surface area contributed by atoms with Crippen LogP contribution in [0, 0.1) is 11.8 Å². The van der Waals surface area contributed by atoms with Crippen molar-refractivity contribution in [1.82, 2.24) is 0 Å². The van der Waals surface area contributed by atoms with Crippen molar-refractivity contribution in [3.05, 3.63) is 46.4 Å². The summed E-state index contributed by atoms with van der Waals surface area (Å²) in [6.45, 7) is 2.51. The first kappa shape index (κ1) is 12.9. The van der Waals surface area contributed by atoms with Gasteiger partial charge in [-0.1, -0.05) is 66.0 Å². The molecule has 0 saturated heterocycles. The molecule has 3 atom stereocenters. The van der Waals surface area contributed by atoms with E-state index in [1.54, 1.807) is 5.56 Å². The van der Waals surface area contributed by atoms with E-state index >= 15 is 0 Å². The molecule has 2 aromatic carbocycles. The number of fused-ring (bicyclic) bond motifs is 3. The SMILES string of the molecule is CC1(c2ccc(Br)c3ccccc23)C[C@@H]2CC[C@@H](C2)C1. The van der Waals surface area contributed by atoms with Gasteiger partial charge in [-0.25, -0.2) is 0 Å². The van der Waals surface area contributed by atoms with E-state index in [-0.39, 0.29) is 0 Å². The van der Waals surface area contributed by atoms with E-state index in [9.17, 15) is 0 Å². The molecule has 2 fully saturated rings. The number of rotatable bonds is 1. The lowest BCUT2D eigenvalue weighted by Crippen LogP contribution is -2.30. The van der Waals surface area contributed by atoms with Gasteiger partial charge < -0.3 is 0 Å². The molecule has 1 unspecified atom stereocenters. The summed E-state index contributed by atoms with van der Waals surface area (Å²) in [5.74, 6) is 1.95. The number of halogens is 1. The molecule has 0 heterocycles. The summed E-state index contributed by atoms with van der Waals surface area (Å²) in [7, 11) is 0. The summed E-state index contributed by atoms with van der Waals surface area (Å²) in [6, 6.07) is 13.5. The molecule has 0 radical (unpaired) electrons. The van der Waals surface area contributed by atoms with Crippen molar-refractivity contribution in [1.29, 1.82) is 0 Å². The second-order valence-electron chi connectivity index (χ2n) is 7.15. The van der Waals surface area contributed by atoms with Crippen LogP contribution in [0.1, 0.15) is 44.6 Å². The molecular formula is C19H21Br. The molecule has 0 nitrogen and oxygen atoms in total. The fourth-order valence-electron chi connectivity index (χ4n) is 4.92. The van der Waals surface area contributed by atoms with E-state index in [2.05, 4.69) is 59.3 Å². The van der Waals surface area contributed by atoms with Crippen LogP contribution in [-0.2, 0) is 5.41 Å². The molecule has 2 aliphatic rings. The van der Waals surface area contributed by atoms with Crippen LogP contribution in [0.15, 0.2) is 40.9 Å². The Morgan fingerprint density at radius 1 is 0.950 bits per heavy atom. The number of hydrogen-bond acceptors (Lipinski definition) is 0. The second kappa shape index (κ2) is 4.59. The molecular weight excluding hydrogens is 308 g/mol. The molecule has 104 valence electrons. The highest BCUT2D eigenvalue weighted by atomic mass is 79.9. The first-order valence-electron chi connectivity index (χ1n) is 7.83. The van der Waals surface area contributed by atoms with Gasteiger partial charge in [-0.05, 0) is 58.9 Å². The van der Waals surface area contributed by atoms with Crippen LogP contribution in [0.4, 0.5) is 0 Å². The summed E-state index contributed by atoms with van der Waals surface area (Å²) >= 11 is 3.71. The highest BCUT2D eigenvalue weighted by Gasteiger charge is 2.42. The van der Waals surface area contributed by atoms with Gasteiger partial charge in [0.05, 0.1) is 0 Å². The van der Waals surface area contributed by atoms with Crippen molar-refractivity contribution < 1.29 is 0 Å². The first-order chi connectivity index (χ1) is 9.66. The van der Waals surface area contributed by atoms with E-state index in [0.29, 0.717) is 5.41 Å². The lowest BCUT2D eigenvalue weighted by Gasteiger charge is -2.39. The average molecular weight is 329 g/mol. The molecule has 0 N–H and O–H groups in total. The Hall–Kier alpha value is -0.820. The molecule has 0 aromatic heterocycles. The topological polar surface area (TPSA) is 0 Å². The van der Waals surface area contributed by atoms with Crippen molar-refractivity contribution in [2.24, 2.45) is 11.8 Å². The standard InChI is InChI=1S/C19H21Br/c1-19(11-13-6-7-14(10-13)12-19)17-8-9-18(20)16-5-3-2-4-15(16)17/h2-5,8-9,13-14H,6-7,10-12H2,1H3/t13-,14+,19?. The first-order valence-corrected chi connectivity index (χ1v) is 8.63. The minimum Gasteiger partial charge on any atom is -0.0616 e. The van der Waals surface area contributed by atoms with E-state index in [0.717, 1.165) is 11.8 Å². The lowest BCUT2D eigenvalue weighted by atomic mass is 9.66. The maximum absolute atomic E-state index is 3.71. The summed E-state index contributed by atoms with van der Waals surface area (Å²) in [5.41, 5.74) is 1.96. The van der Waals surface area contributed by atoms with Crippen molar-refractivity contribution in [3.8, 4) is 0 Å². The van der Waals surface area contributed by atoms with Crippen LogP contribution in [0.3, 0.4) is 0 Å². The van der Waals surface area contributed by atoms with Crippen molar-refractivity contribution >= 4 is 26.7 Å². The van der Waals surface area contributed by atoms with Crippen LogP contribution in [0.5, 0.6) is 0 Å². The monoisotopic (exact) mass is 328 g/mol. The van der Waals surface area contributed by atoms with Gasteiger partial charge in [0.2, 0.25) is 0 Å². The Kier molecular flexibility index (Phi) is 2.96. The fourth-order valence-corrected chi connectivity index (χ4v) is 5.39. The van der Waals surface area contributed by atoms with Crippen LogP contribution in [0.25, 0.3) is 10.8 Å². The van der Waals surface area contributed by atoms with E-state index in [1.165, 1.54) is 47.3 Å². The Labute approximate surface area is 129 Å². The molecule has 2 aliphatic carbocycles. The molecule has 0 amide bonds. The predicted molar refractivity (Wildman–Crippen MR) is 89.1 cm³/mol. The van der Waals surface area contributed by atoms with Crippen molar-refractivity contribution in [2.75, 3.05) is 0 Å². The smallest absolute Gasteiger partial charge is 0.0253 e. The zero-order valence-corrected chi connectivity index (χ0v) is 13.6. The maximum Gasteiger partial charge on any atom is 0.0253 e. The van der Waals surface area contributed by atoms with Crippen LogP contribution in [0.2, 0.25) is 0 Å². The van der Waals surface area contributed by atoms with Crippen molar-refractivity contribution in [3.63, 3.8) is 0 Å². The number of hydrogen-bond donors (Lipinski definition) is 0. The van der Waals surface area contributed by atoms with Crippen molar-refractivity contribution in [2.45, 2.75) is 44.4 Å². The average Bonchev–Trinajstić information content (AvgIpc) is 2.79. The van der Waals surface area contributed by atoms with E-state index in [1.807, 2.05) is 0 Å². The second-order valence-corrected chi connectivity index (χ2v) is 8.01. The third-order valence-electron chi connectivity index (χ3n) is 5.65. The van der Waals surface area contributed by atoms with Gasteiger partial charge in [0.15, 0.2) is 0 Å². The Morgan fingerprint density at radius 3 is 2.30 bits per heavy atom. The van der Waals surface area contributed by atoms with E-state index in [4.69, 9.17) is 0 Å². The van der Waals surface area contributed by atoms with Crippen LogP contribution in [-0.4, -0.2) is 0 Å². The van der Waals surface area contributed by atoms with Crippen LogP contribution < -0.4 is 0 Å². The zero-order chi connectivity index (χ0) is 13.7. The normalized spacial score (nSPS) is 32.7. The highest BCUT2D eigenvalue weighted by molar-refractivity contribution is 9.10. The van der Waals surface area contributed by atoms with Gasteiger partial charge in [-0.3, -0.25) is 0 Å². The van der Waals surface area contributed by atoms with Gasteiger partial charge in [-0.2, -0.15) is 0 Å². The number of benzene rings is 2. The molecule has 2 aromatic rings. The minimum atomic E-state index is 0.379. The fraction of sp³-hybridized carbons (Fsp3) is 0.474. The molecule has 0 aliphatic heterocycles. The van der Waals surface area contributed by atoms with Gasteiger partial charge in [0.1, 0.15) is 0 Å².